The summed E-state index contributed by atoms with van der Waals surface area (Å²) in [6.07, 6.45) is 0. The third kappa shape index (κ3) is 5.26. The van der Waals surface area contributed by atoms with Crippen molar-refractivity contribution in [1.82, 2.24) is 10.2 Å². The minimum atomic E-state index is -3.91. The maximum Gasteiger partial charge on any atom is 0.293 e. The fourth-order valence-electron chi connectivity index (χ4n) is 2.57. The zero-order valence-corrected chi connectivity index (χ0v) is 18.6. The molecular formula is C19H19ClN4O4S2. The van der Waals surface area contributed by atoms with Crippen LogP contribution in [0.3, 0.4) is 0 Å². The van der Waals surface area contributed by atoms with Crippen LogP contribution in [0.25, 0.3) is 0 Å². The van der Waals surface area contributed by atoms with Gasteiger partial charge >= 0.3 is 0 Å². The van der Waals surface area contributed by atoms with Gasteiger partial charge < -0.3 is 4.74 Å². The summed E-state index contributed by atoms with van der Waals surface area (Å²) in [5.74, 6) is -0.0112. The summed E-state index contributed by atoms with van der Waals surface area (Å²) in [5.41, 5.74) is 1.47. The van der Waals surface area contributed by atoms with E-state index < -0.39 is 15.9 Å². The second-order valence-electron chi connectivity index (χ2n) is 6.17. The number of aromatic nitrogens is 2. The van der Waals surface area contributed by atoms with Gasteiger partial charge in [0.25, 0.3) is 20.3 Å². The predicted molar refractivity (Wildman–Crippen MR) is 117 cm³/mol. The normalized spacial score (nSPS) is 11.2. The van der Waals surface area contributed by atoms with E-state index in [0.717, 1.165) is 16.9 Å². The number of ether oxygens (including phenoxy) is 1. The number of rotatable bonds is 8. The molecule has 30 heavy (non-hydrogen) atoms. The number of amides is 1. The van der Waals surface area contributed by atoms with Crippen molar-refractivity contribution in [2.45, 2.75) is 18.2 Å². The molecule has 0 aliphatic carbocycles. The van der Waals surface area contributed by atoms with Gasteiger partial charge in [0.05, 0.1) is 5.69 Å². The van der Waals surface area contributed by atoms with Gasteiger partial charge in [0.1, 0.15) is 5.75 Å². The summed E-state index contributed by atoms with van der Waals surface area (Å²) in [7, 11) is -3.91. The zero-order chi connectivity index (χ0) is 21.7. The monoisotopic (exact) mass is 466 g/mol. The number of hydrogen-bond acceptors (Lipinski definition) is 7. The second kappa shape index (κ2) is 9.41. The first-order chi connectivity index (χ1) is 14.3. The molecule has 2 aromatic carbocycles. The summed E-state index contributed by atoms with van der Waals surface area (Å²) in [6, 6.07) is 13.7. The molecule has 0 aliphatic heterocycles. The molecule has 0 fully saturated rings. The van der Waals surface area contributed by atoms with Crippen LogP contribution in [0, 0.1) is 6.92 Å². The van der Waals surface area contributed by atoms with Crippen molar-refractivity contribution in [1.29, 1.82) is 0 Å². The Hall–Kier alpha value is -2.69. The maximum absolute atomic E-state index is 13.0. The summed E-state index contributed by atoms with van der Waals surface area (Å²) in [5, 5.41) is 10.6. The van der Waals surface area contributed by atoms with Gasteiger partial charge in [-0.2, -0.15) is 8.42 Å². The SMILES string of the molecule is CCN(c1cccc(C)c1)S(=O)(=O)c1nnc(NC(=O)COc2ccc(Cl)cc2)s1. The lowest BCUT2D eigenvalue weighted by Gasteiger charge is -2.21. The molecular weight excluding hydrogens is 448 g/mol. The molecule has 0 aliphatic rings. The van der Waals surface area contributed by atoms with Crippen LogP contribution in [0.5, 0.6) is 5.75 Å². The summed E-state index contributed by atoms with van der Waals surface area (Å²) >= 11 is 6.58. The highest BCUT2D eigenvalue weighted by Gasteiger charge is 2.28. The molecule has 0 atom stereocenters. The molecule has 0 radical (unpaired) electrons. The molecule has 1 aromatic heterocycles. The number of nitrogens with one attached hydrogen (secondary N) is 1. The highest BCUT2D eigenvalue weighted by molar-refractivity contribution is 7.94. The van der Waals surface area contributed by atoms with Crippen LogP contribution >= 0.6 is 22.9 Å². The van der Waals surface area contributed by atoms with Crippen molar-refractivity contribution < 1.29 is 17.9 Å². The van der Waals surface area contributed by atoms with E-state index in [1.165, 1.54) is 4.31 Å². The van der Waals surface area contributed by atoms with E-state index in [4.69, 9.17) is 16.3 Å². The van der Waals surface area contributed by atoms with Crippen LogP contribution in [0.4, 0.5) is 10.8 Å². The lowest BCUT2D eigenvalue weighted by atomic mass is 10.2. The molecule has 8 nitrogen and oxygen atoms in total. The van der Waals surface area contributed by atoms with Crippen molar-refractivity contribution in [2.75, 3.05) is 22.8 Å². The summed E-state index contributed by atoms with van der Waals surface area (Å²) in [4.78, 5) is 12.1. The molecule has 11 heteroatoms. The van der Waals surface area contributed by atoms with Crippen LogP contribution in [0.1, 0.15) is 12.5 Å². The van der Waals surface area contributed by atoms with Crippen molar-refractivity contribution in [3.8, 4) is 5.75 Å². The van der Waals surface area contributed by atoms with Gasteiger partial charge in [0.2, 0.25) is 5.13 Å². The van der Waals surface area contributed by atoms with Gasteiger partial charge in [0, 0.05) is 11.6 Å². The van der Waals surface area contributed by atoms with E-state index in [0.29, 0.717) is 16.5 Å². The van der Waals surface area contributed by atoms with Gasteiger partial charge in [-0.15, -0.1) is 10.2 Å². The number of carbonyl (C=O) groups is 1. The Balaban J connectivity index is 1.68. The summed E-state index contributed by atoms with van der Waals surface area (Å²) < 4.78 is 32.4. The zero-order valence-electron chi connectivity index (χ0n) is 16.2. The lowest BCUT2D eigenvalue weighted by Crippen LogP contribution is -2.30. The fourth-order valence-corrected chi connectivity index (χ4v) is 5.18. The van der Waals surface area contributed by atoms with E-state index in [9.17, 15) is 13.2 Å². The smallest absolute Gasteiger partial charge is 0.293 e. The Labute approximate surface area is 183 Å². The molecule has 0 saturated heterocycles. The first-order valence-corrected chi connectivity index (χ1v) is 11.5. The molecule has 158 valence electrons. The fraction of sp³-hybridized carbons (Fsp3) is 0.211. The van der Waals surface area contributed by atoms with Crippen LogP contribution < -0.4 is 14.4 Å². The standard InChI is InChI=1S/C19H19ClN4O4S2/c1-3-24(15-6-4-5-13(2)11-15)30(26,27)19-23-22-18(29-19)21-17(25)12-28-16-9-7-14(20)8-10-16/h4-11H,3,12H2,1-2H3,(H,21,22,25). The maximum atomic E-state index is 13.0. The molecule has 0 saturated carbocycles. The van der Waals surface area contributed by atoms with Crippen LogP contribution in [-0.4, -0.2) is 37.7 Å². The van der Waals surface area contributed by atoms with E-state index in [2.05, 4.69) is 15.5 Å². The number of sulfonamides is 1. The van der Waals surface area contributed by atoms with Gasteiger partial charge in [0.15, 0.2) is 6.61 Å². The Morgan fingerprint density at radius 3 is 2.60 bits per heavy atom. The lowest BCUT2D eigenvalue weighted by molar-refractivity contribution is -0.118. The van der Waals surface area contributed by atoms with Crippen molar-refractivity contribution in [3.05, 3.63) is 59.1 Å². The van der Waals surface area contributed by atoms with Gasteiger partial charge in [-0.1, -0.05) is 35.1 Å². The molecule has 0 bridgehead atoms. The predicted octanol–water partition coefficient (Wildman–Crippen LogP) is 3.73. The van der Waals surface area contributed by atoms with Crippen LogP contribution in [0.2, 0.25) is 5.02 Å². The number of benzene rings is 2. The number of aryl methyl sites for hydroxylation is 1. The molecule has 1 heterocycles. The van der Waals surface area contributed by atoms with E-state index in [-0.39, 0.29) is 22.6 Å². The summed E-state index contributed by atoms with van der Waals surface area (Å²) in [6.45, 7) is 3.57. The highest BCUT2D eigenvalue weighted by atomic mass is 35.5. The minimum Gasteiger partial charge on any atom is -0.484 e. The molecule has 0 spiro atoms. The average molecular weight is 467 g/mol. The first kappa shape index (κ1) is 22.0. The number of hydrogen-bond donors (Lipinski definition) is 1. The molecule has 3 aromatic rings. The third-order valence-corrected chi connectivity index (χ3v) is 7.26. The van der Waals surface area contributed by atoms with Gasteiger partial charge in [-0.3, -0.25) is 14.4 Å². The average Bonchev–Trinajstić information content (AvgIpc) is 3.17. The third-order valence-electron chi connectivity index (χ3n) is 3.92. The Morgan fingerprint density at radius 1 is 1.20 bits per heavy atom. The quantitative estimate of drug-likeness (QED) is 0.507. The second-order valence-corrected chi connectivity index (χ2v) is 9.62. The number of halogens is 1. The minimum absolute atomic E-state index is 0.0681. The van der Waals surface area contributed by atoms with Crippen molar-refractivity contribution in [2.24, 2.45) is 0 Å². The van der Waals surface area contributed by atoms with E-state index in [1.54, 1.807) is 49.4 Å². The van der Waals surface area contributed by atoms with Gasteiger partial charge in [-0.05, 0) is 55.8 Å². The Bertz CT molecular complexity index is 1130. The van der Waals surface area contributed by atoms with Gasteiger partial charge in [-0.25, -0.2) is 0 Å². The van der Waals surface area contributed by atoms with Crippen LogP contribution in [-0.2, 0) is 14.8 Å². The largest absolute Gasteiger partial charge is 0.484 e. The molecule has 0 unspecified atom stereocenters. The van der Waals surface area contributed by atoms with Crippen molar-refractivity contribution in [3.63, 3.8) is 0 Å². The number of anilines is 2. The topological polar surface area (TPSA) is 101 Å². The number of carbonyl (C=O) groups excluding carboxylic acids is 1. The number of nitrogens with zero attached hydrogens (tertiary/aromatic N) is 3. The molecule has 1 N–H and O–H groups in total. The van der Waals surface area contributed by atoms with E-state index in [1.807, 2.05) is 13.0 Å². The molecule has 3 rings (SSSR count). The molecule has 1 amide bonds. The van der Waals surface area contributed by atoms with E-state index >= 15 is 0 Å². The Kier molecular flexibility index (Phi) is 6.91. The Morgan fingerprint density at radius 2 is 1.93 bits per heavy atom. The van der Waals surface area contributed by atoms with Crippen molar-refractivity contribution >= 4 is 49.7 Å². The first-order valence-electron chi connectivity index (χ1n) is 8.90. The van der Waals surface area contributed by atoms with Crippen LogP contribution in [0.15, 0.2) is 52.9 Å². The highest BCUT2D eigenvalue weighted by Crippen LogP contribution is 2.27.